The molecular weight excluding hydrogens is 449 g/mol. The number of pyridine rings is 1. The molecule has 2 heterocycles. The maximum Gasteiger partial charge on any atom is 0.471 e. The SMILES string of the molecule is C#Cc1cccc2cncc(CNC(=O)[C@@H]3C(C)C(C)(C)CN3C(=O)CNC(=O)C(F)(F)F)c12. The molecule has 0 saturated carbocycles. The average molecular weight is 474 g/mol. The molecule has 1 unspecified atom stereocenters. The summed E-state index contributed by atoms with van der Waals surface area (Å²) < 4.78 is 37.4. The highest BCUT2D eigenvalue weighted by Gasteiger charge is 2.49. The van der Waals surface area contributed by atoms with Crippen molar-refractivity contribution >= 4 is 28.5 Å². The van der Waals surface area contributed by atoms with Crippen molar-refractivity contribution in [2.75, 3.05) is 13.1 Å². The van der Waals surface area contributed by atoms with E-state index in [2.05, 4.69) is 16.2 Å². The van der Waals surface area contributed by atoms with E-state index in [-0.39, 0.29) is 19.0 Å². The molecule has 1 saturated heterocycles. The Hall–Kier alpha value is -3.61. The van der Waals surface area contributed by atoms with Gasteiger partial charge in [0.25, 0.3) is 0 Å². The number of hydrogen-bond donors (Lipinski definition) is 2. The maximum absolute atomic E-state index is 13.2. The molecule has 2 aromatic rings. The molecule has 34 heavy (non-hydrogen) atoms. The number of hydrogen-bond acceptors (Lipinski definition) is 4. The Morgan fingerprint density at radius 3 is 2.59 bits per heavy atom. The van der Waals surface area contributed by atoms with Gasteiger partial charge in [-0.15, -0.1) is 6.42 Å². The lowest BCUT2D eigenvalue weighted by atomic mass is 9.80. The Bertz CT molecular complexity index is 1160. The molecule has 1 aliphatic heterocycles. The quantitative estimate of drug-likeness (QED) is 0.651. The second kappa shape index (κ2) is 9.33. The minimum Gasteiger partial charge on any atom is -0.350 e. The van der Waals surface area contributed by atoms with Crippen LogP contribution in [0.25, 0.3) is 10.8 Å². The minimum atomic E-state index is -5.10. The van der Waals surface area contributed by atoms with Crippen LogP contribution in [0.1, 0.15) is 31.9 Å². The number of rotatable bonds is 5. The fourth-order valence-corrected chi connectivity index (χ4v) is 4.20. The number of benzene rings is 1. The number of halogens is 3. The Morgan fingerprint density at radius 2 is 1.94 bits per heavy atom. The van der Waals surface area contributed by atoms with Crippen LogP contribution in [0.2, 0.25) is 0 Å². The Balaban J connectivity index is 1.78. The molecule has 1 aliphatic rings. The monoisotopic (exact) mass is 474 g/mol. The van der Waals surface area contributed by atoms with Crippen LogP contribution < -0.4 is 10.6 Å². The highest BCUT2D eigenvalue weighted by atomic mass is 19.4. The molecule has 3 amide bonds. The molecule has 3 rings (SSSR count). The van der Waals surface area contributed by atoms with E-state index in [1.165, 1.54) is 4.90 Å². The molecule has 1 aromatic heterocycles. The highest BCUT2D eigenvalue weighted by Crippen LogP contribution is 2.39. The minimum absolute atomic E-state index is 0.0956. The van der Waals surface area contributed by atoms with E-state index in [1.54, 1.807) is 23.8 Å². The number of likely N-dealkylation sites (tertiary alicyclic amines) is 1. The van der Waals surface area contributed by atoms with Gasteiger partial charge in [-0.2, -0.15) is 13.2 Å². The van der Waals surface area contributed by atoms with Crippen molar-refractivity contribution < 1.29 is 27.6 Å². The number of amides is 3. The number of alkyl halides is 3. The Labute approximate surface area is 195 Å². The van der Waals surface area contributed by atoms with Crippen LogP contribution in [-0.2, 0) is 20.9 Å². The third kappa shape index (κ3) is 4.98. The van der Waals surface area contributed by atoms with Crippen molar-refractivity contribution in [3.63, 3.8) is 0 Å². The molecule has 2 atom stereocenters. The largest absolute Gasteiger partial charge is 0.471 e. The van der Waals surface area contributed by atoms with E-state index in [9.17, 15) is 27.6 Å². The first-order valence-electron chi connectivity index (χ1n) is 10.6. The number of fused-ring (bicyclic) bond motifs is 1. The molecule has 2 N–H and O–H groups in total. The fourth-order valence-electron chi connectivity index (χ4n) is 4.20. The zero-order valence-corrected chi connectivity index (χ0v) is 19.0. The lowest BCUT2D eigenvalue weighted by Crippen LogP contribution is -2.51. The van der Waals surface area contributed by atoms with E-state index in [1.807, 2.05) is 32.9 Å². The molecule has 0 radical (unpaired) electrons. The molecule has 7 nitrogen and oxygen atoms in total. The molecule has 0 bridgehead atoms. The standard InChI is InChI=1S/C24H25F3N4O3/c1-5-15-7-6-8-16-9-28-10-17(19(15)16)11-29-21(33)20-14(2)23(3,4)13-31(20)18(32)12-30-22(34)24(25,26)27/h1,6-10,14,20H,11-13H2,2-4H3,(H,29,33)(H,30,34)/t14?,20-/m0/s1. The van der Waals surface area contributed by atoms with Gasteiger partial charge in [-0.25, -0.2) is 0 Å². The zero-order valence-electron chi connectivity index (χ0n) is 19.0. The first kappa shape index (κ1) is 25.0. The van der Waals surface area contributed by atoms with Crippen molar-refractivity contribution in [3.05, 3.63) is 41.7 Å². The summed E-state index contributed by atoms with van der Waals surface area (Å²) in [5.74, 6) is -1.10. The van der Waals surface area contributed by atoms with Gasteiger partial charge >= 0.3 is 12.1 Å². The number of aromatic nitrogens is 1. The van der Waals surface area contributed by atoms with Crippen molar-refractivity contribution in [1.82, 2.24) is 20.5 Å². The summed E-state index contributed by atoms with van der Waals surface area (Å²) in [5.41, 5.74) is 0.875. The average Bonchev–Trinajstić information content (AvgIpc) is 3.03. The van der Waals surface area contributed by atoms with E-state index < -0.39 is 41.9 Å². The van der Waals surface area contributed by atoms with Crippen molar-refractivity contribution in [2.45, 2.75) is 39.5 Å². The summed E-state index contributed by atoms with van der Waals surface area (Å²) in [6.07, 6.45) is 3.78. The van der Waals surface area contributed by atoms with Gasteiger partial charge < -0.3 is 15.5 Å². The highest BCUT2D eigenvalue weighted by molar-refractivity contribution is 5.93. The van der Waals surface area contributed by atoms with Gasteiger partial charge in [-0.3, -0.25) is 19.4 Å². The number of nitrogens with one attached hydrogen (secondary N) is 2. The van der Waals surface area contributed by atoms with Crippen LogP contribution in [0.3, 0.4) is 0 Å². The zero-order chi connectivity index (χ0) is 25.3. The van der Waals surface area contributed by atoms with E-state index in [0.717, 1.165) is 10.8 Å². The number of carbonyl (C=O) groups excluding carboxylic acids is 3. The van der Waals surface area contributed by atoms with Crippen molar-refractivity contribution in [3.8, 4) is 12.3 Å². The van der Waals surface area contributed by atoms with Crippen LogP contribution >= 0.6 is 0 Å². The second-order valence-corrected chi connectivity index (χ2v) is 8.99. The number of carbonyl (C=O) groups is 3. The summed E-state index contributed by atoms with van der Waals surface area (Å²) >= 11 is 0. The summed E-state index contributed by atoms with van der Waals surface area (Å²) in [4.78, 5) is 42.4. The Kier molecular flexibility index (Phi) is 6.87. The second-order valence-electron chi connectivity index (χ2n) is 8.99. The van der Waals surface area contributed by atoms with E-state index >= 15 is 0 Å². The third-order valence-corrected chi connectivity index (χ3v) is 6.34. The molecule has 10 heteroatoms. The predicted octanol–water partition coefficient (Wildman–Crippen LogP) is 2.38. The maximum atomic E-state index is 13.2. The van der Waals surface area contributed by atoms with E-state index in [4.69, 9.17) is 6.42 Å². The van der Waals surface area contributed by atoms with Gasteiger partial charge in [-0.1, -0.05) is 38.8 Å². The van der Waals surface area contributed by atoms with Gasteiger partial charge in [0.05, 0.1) is 6.54 Å². The summed E-state index contributed by atoms with van der Waals surface area (Å²) in [5, 5.41) is 5.99. The normalized spacial score (nSPS) is 19.5. The molecule has 1 fully saturated rings. The first-order valence-corrected chi connectivity index (χ1v) is 10.6. The topological polar surface area (TPSA) is 91.4 Å². The lowest BCUT2D eigenvalue weighted by Gasteiger charge is -2.27. The van der Waals surface area contributed by atoms with Crippen LogP contribution in [0, 0.1) is 23.7 Å². The van der Waals surface area contributed by atoms with Crippen molar-refractivity contribution in [1.29, 1.82) is 0 Å². The van der Waals surface area contributed by atoms with Crippen LogP contribution in [0.15, 0.2) is 30.6 Å². The first-order chi connectivity index (χ1) is 15.9. The van der Waals surface area contributed by atoms with Crippen molar-refractivity contribution in [2.24, 2.45) is 11.3 Å². The molecule has 1 aromatic carbocycles. The summed E-state index contributed by atoms with van der Waals surface area (Å²) in [6, 6.07) is 4.53. The van der Waals surface area contributed by atoms with Gasteiger partial charge in [0, 0.05) is 41.8 Å². The van der Waals surface area contributed by atoms with Crippen LogP contribution in [-0.4, -0.2) is 52.9 Å². The van der Waals surface area contributed by atoms with Gasteiger partial charge in [0.1, 0.15) is 6.04 Å². The number of terminal acetylenes is 1. The van der Waals surface area contributed by atoms with Gasteiger partial charge in [0.2, 0.25) is 11.8 Å². The summed E-state index contributed by atoms with van der Waals surface area (Å²) in [7, 11) is 0. The molecular formula is C24H25F3N4O3. The molecule has 0 spiro atoms. The number of nitrogens with zero attached hydrogens (tertiary/aromatic N) is 2. The molecule has 180 valence electrons. The fraction of sp³-hybridized carbons (Fsp3) is 0.417. The Morgan fingerprint density at radius 1 is 1.24 bits per heavy atom. The van der Waals surface area contributed by atoms with E-state index in [0.29, 0.717) is 11.1 Å². The lowest BCUT2D eigenvalue weighted by molar-refractivity contribution is -0.174. The van der Waals surface area contributed by atoms with Crippen LogP contribution in [0.5, 0.6) is 0 Å². The summed E-state index contributed by atoms with van der Waals surface area (Å²) in [6.45, 7) is 4.94. The predicted molar refractivity (Wildman–Crippen MR) is 119 cm³/mol. The smallest absolute Gasteiger partial charge is 0.350 e. The third-order valence-electron chi connectivity index (χ3n) is 6.34. The van der Waals surface area contributed by atoms with Crippen LogP contribution in [0.4, 0.5) is 13.2 Å². The molecule has 0 aliphatic carbocycles. The van der Waals surface area contributed by atoms with Gasteiger partial charge in [0.15, 0.2) is 0 Å². The van der Waals surface area contributed by atoms with Gasteiger partial charge in [-0.05, 0) is 23.0 Å².